The molecule has 0 aliphatic rings. The summed E-state index contributed by atoms with van der Waals surface area (Å²) in [5, 5.41) is 14.4. The van der Waals surface area contributed by atoms with Crippen LogP contribution in [0.25, 0.3) is 120 Å². The lowest BCUT2D eigenvalue weighted by molar-refractivity contribution is 1.18. The summed E-state index contributed by atoms with van der Waals surface area (Å²) in [6.45, 7) is 0. The van der Waals surface area contributed by atoms with E-state index < -0.39 is 0 Å². The number of rotatable bonds is 10. The first-order chi connectivity index (χ1) is 42.7. The first-order valence-corrected chi connectivity index (χ1v) is 29.6. The maximum atomic E-state index is 2.47. The average molecular weight is 1100 g/mol. The molecule has 86 heavy (non-hydrogen) atoms. The number of fused-ring (bicyclic) bond motifs is 10. The van der Waals surface area contributed by atoms with Crippen molar-refractivity contribution in [3.63, 3.8) is 0 Å². The second-order valence-electron chi connectivity index (χ2n) is 22.4. The van der Waals surface area contributed by atoms with Gasteiger partial charge in [0.2, 0.25) is 0 Å². The third kappa shape index (κ3) is 8.07. The van der Waals surface area contributed by atoms with Crippen molar-refractivity contribution in [2.75, 3.05) is 9.80 Å². The summed E-state index contributed by atoms with van der Waals surface area (Å²) >= 11 is 0. The Hall–Kier alpha value is -11.5. The van der Waals surface area contributed by atoms with Gasteiger partial charge in [-0.1, -0.05) is 212 Å². The molecule has 17 rings (SSSR count). The molecule has 17 aromatic rings. The van der Waals surface area contributed by atoms with E-state index >= 15 is 0 Å². The summed E-state index contributed by atoms with van der Waals surface area (Å²) in [5.74, 6) is 0. The molecule has 0 N–H and O–H groups in total. The maximum absolute atomic E-state index is 2.47. The molecule has 2 aromatic heterocycles. The van der Waals surface area contributed by atoms with Gasteiger partial charge >= 0.3 is 0 Å². The topological polar surface area (TPSA) is 16.3 Å². The minimum Gasteiger partial charge on any atom is -0.310 e. The Morgan fingerprint density at radius 1 is 0.198 bits per heavy atom. The number of nitrogens with zero attached hydrogens (tertiary/aromatic N) is 4. The highest BCUT2D eigenvalue weighted by Crippen LogP contribution is 2.48. The van der Waals surface area contributed by atoms with Gasteiger partial charge in [0.25, 0.3) is 0 Å². The molecule has 0 spiro atoms. The Bertz CT molecular complexity index is 5140. The first-order valence-electron chi connectivity index (χ1n) is 29.6. The third-order valence-electron chi connectivity index (χ3n) is 17.6. The number of hydrogen-bond acceptors (Lipinski definition) is 2. The van der Waals surface area contributed by atoms with Crippen LogP contribution in [-0.4, -0.2) is 9.13 Å². The van der Waals surface area contributed by atoms with E-state index in [2.05, 4.69) is 347 Å². The summed E-state index contributed by atoms with van der Waals surface area (Å²) in [4.78, 5) is 4.94. The highest BCUT2D eigenvalue weighted by atomic mass is 15.2. The molecule has 4 heteroatoms. The minimum absolute atomic E-state index is 1.04. The highest BCUT2D eigenvalue weighted by Gasteiger charge is 2.24. The Morgan fingerprint density at radius 3 is 0.942 bits per heavy atom. The van der Waals surface area contributed by atoms with Crippen LogP contribution in [0.15, 0.2) is 328 Å². The molecule has 0 amide bonds. The van der Waals surface area contributed by atoms with Crippen molar-refractivity contribution >= 4 is 121 Å². The van der Waals surface area contributed by atoms with E-state index in [1.54, 1.807) is 0 Å². The van der Waals surface area contributed by atoms with Crippen molar-refractivity contribution in [2.45, 2.75) is 0 Å². The Labute approximate surface area is 498 Å². The quantitative estimate of drug-likeness (QED) is 0.136. The number of benzene rings is 15. The van der Waals surface area contributed by atoms with Crippen LogP contribution in [0.2, 0.25) is 0 Å². The van der Waals surface area contributed by atoms with E-state index in [4.69, 9.17) is 0 Å². The van der Waals surface area contributed by atoms with Gasteiger partial charge in [0.05, 0.1) is 33.4 Å². The molecular formula is C82H54N4. The van der Waals surface area contributed by atoms with Crippen molar-refractivity contribution in [1.29, 1.82) is 0 Å². The molecule has 0 fully saturated rings. The lowest BCUT2D eigenvalue weighted by Crippen LogP contribution is -2.14. The summed E-state index contributed by atoms with van der Waals surface area (Å²) in [5.41, 5.74) is 18.0. The van der Waals surface area contributed by atoms with Gasteiger partial charge in [0.15, 0.2) is 0 Å². The van der Waals surface area contributed by atoms with Crippen LogP contribution in [-0.2, 0) is 0 Å². The zero-order valence-corrected chi connectivity index (χ0v) is 47.0. The Kier molecular flexibility index (Phi) is 11.5. The molecule has 4 nitrogen and oxygen atoms in total. The largest absolute Gasteiger partial charge is 0.310 e. The van der Waals surface area contributed by atoms with Gasteiger partial charge in [-0.15, -0.1) is 0 Å². The summed E-state index contributed by atoms with van der Waals surface area (Å²) < 4.78 is 4.84. The smallest absolute Gasteiger partial charge is 0.0542 e. The van der Waals surface area contributed by atoms with Gasteiger partial charge in [-0.3, -0.25) is 0 Å². The molecule has 2 heterocycles. The SMILES string of the molecule is c1ccc(-n2c3ccc(-c4cccc5ccccc45)cc3c3cc(N(c4cccc(N(c5ccc6c(c5)c5cc(-c7cccc8ccccc78)ccc5n6-c5ccccc5)c5cccc6ccccc56)c4)c4cccc5ccccc45)ccc32)cc1. The number of para-hydroxylation sites is 2. The van der Waals surface area contributed by atoms with Gasteiger partial charge in [-0.25, -0.2) is 0 Å². The molecule has 0 unspecified atom stereocenters. The predicted molar refractivity (Wildman–Crippen MR) is 365 cm³/mol. The fourth-order valence-electron chi connectivity index (χ4n) is 13.7. The van der Waals surface area contributed by atoms with Crippen molar-refractivity contribution < 1.29 is 0 Å². The number of aromatic nitrogens is 2. The molecular weight excluding hydrogens is 1040 g/mol. The van der Waals surface area contributed by atoms with E-state index in [1.807, 2.05) is 0 Å². The van der Waals surface area contributed by atoms with Crippen LogP contribution >= 0.6 is 0 Å². The second kappa shape index (κ2) is 20.2. The van der Waals surface area contributed by atoms with Gasteiger partial charge < -0.3 is 18.9 Å². The van der Waals surface area contributed by atoms with Crippen LogP contribution in [0.1, 0.15) is 0 Å². The molecule has 15 aromatic carbocycles. The van der Waals surface area contributed by atoms with E-state index in [1.165, 1.54) is 86.9 Å². The highest BCUT2D eigenvalue weighted by molar-refractivity contribution is 6.15. The van der Waals surface area contributed by atoms with Crippen molar-refractivity contribution in [3.05, 3.63) is 328 Å². The molecule has 402 valence electrons. The summed E-state index contributed by atoms with van der Waals surface area (Å²) in [7, 11) is 0. The zero-order valence-electron chi connectivity index (χ0n) is 47.0. The molecule has 0 saturated heterocycles. The first kappa shape index (κ1) is 49.2. The van der Waals surface area contributed by atoms with Crippen LogP contribution in [0, 0.1) is 0 Å². The van der Waals surface area contributed by atoms with Gasteiger partial charge in [0, 0.05) is 66.4 Å². The Balaban J connectivity index is 0.893. The van der Waals surface area contributed by atoms with E-state index in [0.717, 1.165) is 67.6 Å². The molecule has 0 radical (unpaired) electrons. The van der Waals surface area contributed by atoms with Gasteiger partial charge in [-0.05, 0) is 170 Å². The van der Waals surface area contributed by atoms with Gasteiger partial charge in [0.1, 0.15) is 0 Å². The average Bonchev–Trinajstić information content (AvgIpc) is 1.90. The summed E-state index contributed by atoms with van der Waals surface area (Å²) in [6.07, 6.45) is 0. The fraction of sp³-hybridized carbons (Fsp3) is 0. The summed E-state index contributed by atoms with van der Waals surface area (Å²) in [6, 6.07) is 120. The monoisotopic (exact) mass is 1090 g/mol. The number of hydrogen-bond donors (Lipinski definition) is 0. The van der Waals surface area contributed by atoms with Crippen molar-refractivity contribution in [1.82, 2.24) is 9.13 Å². The Morgan fingerprint density at radius 2 is 0.512 bits per heavy atom. The van der Waals surface area contributed by atoms with Crippen molar-refractivity contribution in [3.8, 4) is 33.6 Å². The van der Waals surface area contributed by atoms with Crippen LogP contribution in [0.4, 0.5) is 34.1 Å². The zero-order chi connectivity index (χ0) is 56.7. The third-order valence-corrected chi connectivity index (χ3v) is 17.6. The molecule has 0 bridgehead atoms. The normalized spacial score (nSPS) is 11.7. The van der Waals surface area contributed by atoms with E-state index in [9.17, 15) is 0 Å². The molecule has 0 atom stereocenters. The van der Waals surface area contributed by atoms with Crippen LogP contribution in [0.3, 0.4) is 0 Å². The second-order valence-corrected chi connectivity index (χ2v) is 22.4. The van der Waals surface area contributed by atoms with Crippen LogP contribution < -0.4 is 9.80 Å². The maximum Gasteiger partial charge on any atom is 0.0542 e. The van der Waals surface area contributed by atoms with E-state index in [0.29, 0.717) is 0 Å². The van der Waals surface area contributed by atoms with Crippen molar-refractivity contribution in [2.24, 2.45) is 0 Å². The molecule has 0 saturated carbocycles. The lowest BCUT2D eigenvalue weighted by atomic mass is 9.97. The lowest BCUT2D eigenvalue weighted by Gasteiger charge is -2.30. The minimum atomic E-state index is 1.04. The molecule has 0 aliphatic carbocycles. The predicted octanol–water partition coefficient (Wildman–Crippen LogP) is 22.8. The van der Waals surface area contributed by atoms with Crippen LogP contribution in [0.5, 0.6) is 0 Å². The fourth-order valence-corrected chi connectivity index (χ4v) is 13.7. The number of anilines is 6. The standard InChI is InChI=1S/C82H54N4/c1-3-28-61(29-4-1)85-79-46-42-59(69-38-15-24-55-20-7-11-34-67(55)69)50-73(79)75-53-65(44-48-81(75)85)83(77-40-17-26-57-22-9-13-36-71(57)77)63-32-19-33-64(52-63)84(78-41-18-27-58-23-10-14-37-72(58)78)66-45-49-82-76(54-66)74-51-60(70-39-16-25-56-21-8-12-35-68(56)70)43-47-80(74)86(82)62-30-5-2-6-31-62/h1-54H. The molecule has 0 aliphatic heterocycles. The van der Waals surface area contributed by atoms with Gasteiger partial charge in [-0.2, -0.15) is 0 Å². The van der Waals surface area contributed by atoms with E-state index in [-0.39, 0.29) is 0 Å².